The van der Waals surface area contributed by atoms with Crippen molar-refractivity contribution in [1.29, 1.82) is 0 Å². The molecule has 5 heteroatoms. The van der Waals surface area contributed by atoms with Crippen LogP contribution in [-0.2, 0) is 10.1 Å². The molecule has 2 N–H and O–H groups in total. The second-order valence-corrected chi connectivity index (χ2v) is 3.71. The first kappa shape index (κ1) is 9.02. The predicted molar refractivity (Wildman–Crippen MR) is 41.5 cm³/mol. The topological polar surface area (TPSA) is 74.6 Å². The van der Waals surface area contributed by atoms with Crippen molar-refractivity contribution >= 4 is 10.1 Å². The van der Waals surface area contributed by atoms with Crippen molar-refractivity contribution < 1.29 is 18.1 Å². The molecule has 1 aromatic carbocycles. The molecule has 1 aromatic rings. The van der Waals surface area contributed by atoms with Gasteiger partial charge in [0.2, 0.25) is 0 Å². The molecule has 0 heterocycles. The zero-order valence-electron chi connectivity index (χ0n) is 6.27. The fraction of sp³-hybridized carbons (Fsp3) is 0.143. The maximum absolute atomic E-state index is 10.6. The Bertz CT molecular complexity index is 394. The lowest BCUT2D eigenvalue weighted by molar-refractivity contribution is 0.465. The fourth-order valence-electron chi connectivity index (χ4n) is 0.805. The minimum atomic E-state index is -4.25. The van der Waals surface area contributed by atoms with Gasteiger partial charge in [0.05, 0.1) is 0 Å². The van der Waals surface area contributed by atoms with Gasteiger partial charge in [-0.1, -0.05) is 0 Å². The van der Waals surface area contributed by atoms with Gasteiger partial charge >= 0.3 is 0 Å². The van der Waals surface area contributed by atoms with Gasteiger partial charge in [-0.3, -0.25) is 4.55 Å². The summed E-state index contributed by atoms with van der Waals surface area (Å²) in [6.07, 6.45) is 0. The first-order chi connectivity index (χ1) is 5.41. The minimum absolute atomic E-state index is 0.242. The molecule has 0 bridgehead atoms. The van der Waals surface area contributed by atoms with Crippen LogP contribution in [0.25, 0.3) is 0 Å². The average molecular weight is 187 g/mol. The van der Waals surface area contributed by atoms with Crippen molar-refractivity contribution in [3.8, 4) is 5.75 Å². The van der Waals surface area contributed by atoms with Crippen molar-refractivity contribution in [2.75, 3.05) is 0 Å². The minimum Gasteiger partial charge on any atom is -0.508 e. The SMILES string of the molecule is Cc1[c]cc(O)cc1S(=O)(=O)O. The normalized spacial score (nSPS) is 11.5. The number of phenolic OH excluding ortho intramolecular Hbond substituents is 1. The van der Waals surface area contributed by atoms with E-state index in [1.165, 1.54) is 13.0 Å². The van der Waals surface area contributed by atoms with Gasteiger partial charge in [0.25, 0.3) is 10.1 Å². The molecule has 0 spiro atoms. The summed E-state index contributed by atoms with van der Waals surface area (Å²) in [7, 11) is -4.25. The van der Waals surface area contributed by atoms with E-state index in [0.717, 1.165) is 6.07 Å². The van der Waals surface area contributed by atoms with E-state index < -0.39 is 10.1 Å². The third-order valence-corrected chi connectivity index (χ3v) is 2.34. The van der Waals surface area contributed by atoms with E-state index in [1.54, 1.807) is 0 Å². The summed E-state index contributed by atoms with van der Waals surface area (Å²) in [6.45, 7) is 1.47. The summed E-state index contributed by atoms with van der Waals surface area (Å²) in [5.41, 5.74) is 0.273. The van der Waals surface area contributed by atoms with Crippen LogP contribution in [0.5, 0.6) is 5.75 Å². The number of aryl methyl sites for hydroxylation is 1. The van der Waals surface area contributed by atoms with Crippen LogP contribution in [0.1, 0.15) is 5.56 Å². The van der Waals surface area contributed by atoms with E-state index >= 15 is 0 Å². The van der Waals surface area contributed by atoms with Crippen LogP contribution in [0.3, 0.4) is 0 Å². The lowest BCUT2D eigenvalue weighted by Crippen LogP contribution is -2.00. The van der Waals surface area contributed by atoms with Crippen LogP contribution in [0, 0.1) is 13.0 Å². The summed E-state index contributed by atoms with van der Waals surface area (Å²) < 4.78 is 29.9. The molecule has 0 aliphatic carbocycles. The molecule has 0 fully saturated rings. The standard InChI is InChI=1S/C7H7O4S/c1-5-2-3-6(8)4-7(5)12(9,10)11/h3-4,8H,1H3,(H,9,10,11). The Labute approximate surface area is 70.2 Å². The first-order valence-electron chi connectivity index (χ1n) is 3.10. The molecular weight excluding hydrogens is 180 g/mol. The summed E-state index contributed by atoms with van der Waals surface area (Å²) in [6, 6.07) is 4.69. The van der Waals surface area contributed by atoms with E-state index in [2.05, 4.69) is 6.07 Å². The molecule has 12 heavy (non-hydrogen) atoms. The average Bonchev–Trinajstić information content (AvgIpc) is 1.92. The van der Waals surface area contributed by atoms with Gasteiger partial charge in [-0.25, -0.2) is 0 Å². The Hall–Kier alpha value is -1.07. The van der Waals surface area contributed by atoms with Crippen molar-refractivity contribution in [2.45, 2.75) is 11.8 Å². The van der Waals surface area contributed by atoms with Gasteiger partial charge in [0, 0.05) is 6.07 Å². The Kier molecular flexibility index (Phi) is 2.08. The third kappa shape index (κ3) is 1.75. The first-order valence-corrected chi connectivity index (χ1v) is 4.54. The largest absolute Gasteiger partial charge is 0.508 e. The van der Waals surface area contributed by atoms with Crippen LogP contribution in [0.4, 0.5) is 0 Å². The van der Waals surface area contributed by atoms with Crippen molar-refractivity contribution in [3.63, 3.8) is 0 Å². The summed E-state index contributed by atoms with van der Waals surface area (Å²) in [5.74, 6) is -0.242. The van der Waals surface area contributed by atoms with Gasteiger partial charge in [-0.15, -0.1) is 0 Å². The fourth-order valence-corrected chi connectivity index (χ4v) is 1.52. The monoisotopic (exact) mass is 187 g/mol. The zero-order chi connectivity index (χ0) is 9.35. The Morgan fingerprint density at radius 2 is 2.08 bits per heavy atom. The molecule has 0 saturated carbocycles. The molecule has 65 valence electrons. The maximum Gasteiger partial charge on any atom is 0.294 e. The third-order valence-electron chi connectivity index (χ3n) is 1.36. The molecule has 0 aliphatic rings. The summed E-state index contributed by atoms with van der Waals surface area (Å²) in [4.78, 5) is -0.317. The molecule has 0 saturated heterocycles. The molecule has 0 atom stereocenters. The molecule has 0 aromatic heterocycles. The number of hydrogen-bond donors (Lipinski definition) is 2. The second kappa shape index (κ2) is 2.76. The number of phenols is 1. The van der Waals surface area contributed by atoms with Crippen LogP contribution in [0.2, 0.25) is 0 Å². The number of benzene rings is 1. The Balaban J connectivity index is 3.43. The quantitative estimate of drug-likeness (QED) is 0.636. The van der Waals surface area contributed by atoms with Crippen LogP contribution in [0.15, 0.2) is 17.0 Å². The van der Waals surface area contributed by atoms with Gasteiger partial charge < -0.3 is 5.11 Å². The summed E-state index contributed by atoms with van der Waals surface area (Å²) >= 11 is 0. The number of hydrogen-bond acceptors (Lipinski definition) is 3. The van der Waals surface area contributed by atoms with E-state index in [9.17, 15) is 8.42 Å². The van der Waals surface area contributed by atoms with Crippen molar-refractivity contribution in [2.24, 2.45) is 0 Å². The molecule has 0 unspecified atom stereocenters. The predicted octanol–water partition coefficient (Wildman–Crippen LogP) is 0.748. The molecule has 0 amide bonds. The highest BCUT2D eigenvalue weighted by molar-refractivity contribution is 7.85. The molecule has 1 radical (unpaired) electrons. The zero-order valence-corrected chi connectivity index (χ0v) is 7.09. The smallest absolute Gasteiger partial charge is 0.294 e. The van der Waals surface area contributed by atoms with Crippen molar-refractivity contribution in [1.82, 2.24) is 0 Å². The van der Waals surface area contributed by atoms with E-state index in [-0.39, 0.29) is 16.2 Å². The Morgan fingerprint density at radius 3 is 2.50 bits per heavy atom. The van der Waals surface area contributed by atoms with Crippen LogP contribution in [-0.4, -0.2) is 18.1 Å². The van der Waals surface area contributed by atoms with Crippen LogP contribution >= 0.6 is 0 Å². The van der Waals surface area contributed by atoms with Crippen molar-refractivity contribution in [3.05, 3.63) is 23.8 Å². The highest BCUT2D eigenvalue weighted by Gasteiger charge is 2.13. The molecule has 0 aliphatic heterocycles. The highest BCUT2D eigenvalue weighted by Crippen LogP contribution is 2.19. The number of aromatic hydroxyl groups is 1. The second-order valence-electron chi connectivity index (χ2n) is 2.32. The van der Waals surface area contributed by atoms with E-state index in [4.69, 9.17) is 9.66 Å². The van der Waals surface area contributed by atoms with Gasteiger partial charge in [0.1, 0.15) is 10.6 Å². The van der Waals surface area contributed by atoms with Crippen LogP contribution < -0.4 is 0 Å². The molecular formula is C7H7O4S. The molecule has 4 nitrogen and oxygen atoms in total. The maximum atomic E-state index is 10.6. The van der Waals surface area contributed by atoms with E-state index in [0.29, 0.717) is 0 Å². The lowest BCUT2D eigenvalue weighted by Gasteiger charge is -2.00. The lowest BCUT2D eigenvalue weighted by atomic mass is 10.2. The van der Waals surface area contributed by atoms with E-state index in [1.807, 2.05) is 0 Å². The molecule has 1 rings (SSSR count). The van der Waals surface area contributed by atoms with Gasteiger partial charge in [-0.05, 0) is 24.6 Å². The van der Waals surface area contributed by atoms with Gasteiger partial charge in [0.15, 0.2) is 0 Å². The Morgan fingerprint density at radius 1 is 1.50 bits per heavy atom. The highest BCUT2D eigenvalue weighted by atomic mass is 32.2. The summed E-state index contributed by atoms with van der Waals surface area (Å²) in [5, 5.41) is 8.89. The number of rotatable bonds is 1. The van der Waals surface area contributed by atoms with Gasteiger partial charge in [-0.2, -0.15) is 8.42 Å².